The fourth-order valence-electron chi connectivity index (χ4n) is 2.95. The highest BCUT2D eigenvalue weighted by molar-refractivity contribution is 8.15. The van der Waals surface area contributed by atoms with Crippen LogP contribution in [0.3, 0.4) is 0 Å². The molecule has 2 heterocycles. The SMILES string of the molecule is O=S(=O)(Cl)C1(CC23CC(CO2)C3)CC1. The average Bonchev–Trinajstić information content (AvgIpc) is 2.49. The quantitative estimate of drug-likeness (QED) is 0.700. The highest BCUT2D eigenvalue weighted by Gasteiger charge is 2.63. The Balaban J connectivity index is 1.79. The van der Waals surface area contributed by atoms with Crippen molar-refractivity contribution in [2.45, 2.75) is 42.5 Å². The minimum atomic E-state index is -3.40. The first-order valence-electron chi connectivity index (χ1n) is 5.03. The summed E-state index contributed by atoms with van der Waals surface area (Å²) < 4.78 is 27.8. The number of fused-ring (bicyclic) bond motifs is 1. The summed E-state index contributed by atoms with van der Waals surface area (Å²) in [7, 11) is 2.06. The van der Waals surface area contributed by atoms with Gasteiger partial charge in [-0.15, -0.1) is 0 Å². The van der Waals surface area contributed by atoms with Crippen molar-refractivity contribution in [3.63, 3.8) is 0 Å². The zero-order valence-electron chi connectivity index (χ0n) is 7.83. The molecule has 14 heavy (non-hydrogen) atoms. The lowest BCUT2D eigenvalue weighted by Gasteiger charge is -2.38. The Kier molecular flexibility index (Phi) is 1.66. The summed E-state index contributed by atoms with van der Waals surface area (Å²) >= 11 is 0. The molecule has 80 valence electrons. The van der Waals surface area contributed by atoms with Gasteiger partial charge >= 0.3 is 0 Å². The van der Waals surface area contributed by atoms with E-state index in [9.17, 15) is 8.42 Å². The molecule has 4 rings (SSSR count). The fourth-order valence-corrected chi connectivity index (χ4v) is 4.60. The lowest BCUT2D eigenvalue weighted by Crippen LogP contribution is -2.42. The standard InChI is InChI=1S/C9H13ClO3S/c10-14(11,12)9(1-2-9)6-8-3-7(4-8)5-13-8/h7H,1-6H2. The van der Waals surface area contributed by atoms with E-state index in [0.717, 1.165) is 19.4 Å². The van der Waals surface area contributed by atoms with E-state index in [0.29, 0.717) is 25.2 Å². The molecule has 0 aromatic heterocycles. The Morgan fingerprint density at radius 2 is 2.00 bits per heavy atom. The maximum absolute atomic E-state index is 11.4. The first-order chi connectivity index (χ1) is 6.45. The zero-order chi connectivity index (χ0) is 10.0. The van der Waals surface area contributed by atoms with Gasteiger partial charge in [0.1, 0.15) is 0 Å². The van der Waals surface area contributed by atoms with Crippen LogP contribution < -0.4 is 0 Å². The van der Waals surface area contributed by atoms with Crippen molar-refractivity contribution in [3.05, 3.63) is 0 Å². The Morgan fingerprint density at radius 3 is 2.36 bits per heavy atom. The van der Waals surface area contributed by atoms with Gasteiger partial charge in [0.25, 0.3) is 0 Å². The third kappa shape index (κ3) is 1.17. The Hall–Kier alpha value is 0.200. The first kappa shape index (κ1) is 9.43. The van der Waals surface area contributed by atoms with E-state index in [4.69, 9.17) is 15.4 Å². The zero-order valence-corrected chi connectivity index (χ0v) is 9.40. The van der Waals surface area contributed by atoms with E-state index in [1.165, 1.54) is 0 Å². The molecule has 0 spiro atoms. The van der Waals surface area contributed by atoms with E-state index in [1.807, 2.05) is 0 Å². The van der Waals surface area contributed by atoms with Crippen molar-refractivity contribution >= 4 is 19.7 Å². The van der Waals surface area contributed by atoms with Gasteiger partial charge in [-0.2, -0.15) is 0 Å². The topological polar surface area (TPSA) is 43.4 Å². The maximum atomic E-state index is 11.4. The summed E-state index contributed by atoms with van der Waals surface area (Å²) in [4.78, 5) is 0. The van der Waals surface area contributed by atoms with Gasteiger partial charge in [-0.3, -0.25) is 0 Å². The van der Waals surface area contributed by atoms with Crippen molar-refractivity contribution in [2.24, 2.45) is 5.92 Å². The average molecular weight is 237 g/mol. The van der Waals surface area contributed by atoms with Crippen LogP contribution in [0.1, 0.15) is 32.1 Å². The van der Waals surface area contributed by atoms with Crippen molar-refractivity contribution < 1.29 is 13.2 Å². The Morgan fingerprint density at radius 1 is 1.36 bits per heavy atom. The number of halogens is 1. The molecule has 0 amide bonds. The van der Waals surface area contributed by atoms with E-state index < -0.39 is 13.8 Å². The van der Waals surface area contributed by atoms with E-state index in [1.54, 1.807) is 0 Å². The molecule has 0 unspecified atom stereocenters. The molecule has 0 atom stereocenters. The first-order valence-corrected chi connectivity index (χ1v) is 7.34. The molecular weight excluding hydrogens is 224 g/mol. The molecule has 0 N–H and O–H groups in total. The van der Waals surface area contributed by atoms with E-state index in [-0.39, 0.29) is 5.60 Å². The second-order valence-corrected chi connectivity index (χ2v) is 8.03. The van der Waals surface area contributed by atoms with Crippen LogP contribution >= 0.6 is 10.7 Å². The molecule has 2 aliphatic heterocycles. The van der Waals surface area contributed by atoms with Crippen LogP contribution in [0, 0.1) is 5.92 Å². The Bertz CT molecular complexity index is 360. The van der Waals surface area contributed by atoms with Gasteiger partial charge < -0.3 is 4.74 Å². The molecule has 0 aromatic rings. The van der Waals surface area contributed by atoms with Crippen molar-refractivity contribution in [2.75, 3.05) is 6.61 Å². The maximum Gasteiger partial charge on any atom is 0.238 e. The lowest BCUT2D eigenvalue weighted by molar-refractivity contribution is -0.00820. The number of hydrogen-bond acceptors (Lipinski definition) is 3. The van der Waals surface area contributed by atoms with Crippen LogP contribution in [0.4, 0.5) is 0 Å². The van der Waals surface area contributed by atoms with Crippen molar-refractivity contribution in [1.29, 1.82) is 0 Å². The van der Waals surface area contributed by atoms with Gasteiger partial charge in [0.05, 0.1) is 17.0 Å². The van der Waals surface area contributed by atoms with Gasteiger partial charge in [-0.1, -0.05) is 0 Å². The minimum Gasteiger partial charge on any atom is -0.375 e. The lowest BCUT2D eigenvalue weighted by atomic mass is 9.72. The minimum absolute atomic E-state index is 0.122. The highest BCUT2D eigenvalue weighted by Crippen LogP contribution is 2.59. The van der Waals surface area contributed by atoms with E-state index in [2.05, 4.69) is 0 Å². The van der Waals surface area contributed by atoms with Crippen molar-refractivity contribution in [3.8, 4) is 0 Å². The van der Waals surface area contributed by atoms with Gasteiger partial charge in [0.15, 0.2) is 0 Å². The fraction of sp³-hybridized carbons (Fsp3) is 1.00. The third-order valence-corrected chi connectivity index (χ3v) is 6.48. The second-order valence-electron chi connectivity index (χ2n) is 5.07. The molecule has 2 bridgehead atoms. The summed E-state index contributed by atoms with van der Waals surface area (Å²) in [6.07, 6.45) is 4.15. The van der Waals surface area contributed by atoms with Gasteiger partial charge in [-0.25, -0.2) is 8.42 Å². The van der Waals surface area contributed by atoms with Gasteiger partial charge in [0, 0.05) is 10.7 Å². The summed E-state index contributed by atoms with van der Waals surface area (Å²) in [6.45, 7) is 0.818. The summed E-state index contributed by atoms with van der Waals surface area (Å²) in [5.74, 6) is 0.684. The van der Waals surface area contributed by atoms with Crippen LogP contribution in [-0.2, 0) is 13.8 Å². The van der Waals surface area contributed by atoms with Crippen LogP contribution in [0.15, 0.2) is 0 Å². The van der Waals surface area contributed by atoms with Crippen LogP contribution in [0.2, 0.25) is 0 Å². The smallest absolute Gasteiger partial charge is 0.238 e. The van der Waals surface area contributed by atoms with Crippen molar-refractivity contribution in [1.82, 2.24) is 0 Å². The highest BCUT2D eigenvalue weighted by atomic mass is 35.7. The second kappa shape index (κ2) is 2.47. The molecule has 5 heteroatoms. The van der Waals surface area contributed by atoms with Gasteiger partial charge in [0.2, 0.25) is 9.05 Å². The number of ether oxygens (including phenoxy) is 1. The van der Waals surface area contributed by atoms with Crippen LogP contribution in [0.25, 0.3) is 0 Å². The molecule has 2 saturated heterocycles. The molecule has 0 radical (unpaired) electrons. The normalized spacial score (nSPS) is 43.4. The van der Waals surface area contributed by atoms with E-state index >= 15 is 0 Å². The largest absolute Gasteiger partial charge is 0.375 e. The third-order valence-electron chi connectivity index (χ3n) is 3.92. The molecule has 0 aromatic carbocycles. The molecule has 2 aliphatic carbocycles. The molecule has 4 aliphatic rings. The van der Waals surface area contributed by atoms with Gasteiger partial charge in [-0.05, 0) is 38.0 Å². The monoisotopic (exact) mass is 236 g/mol. The van der Waals surface area contributed by atoms with Crippen LogP contribution in [0.5, 0.6) is 0 Å². The summed E-state index contributed by atoms with van der Waals surface area (Å²) in [5, 5.41) is 0. The predicted octanol–water partition coefficient (Wildman–Crippen LogP) is 1.66. The molecule has 3 nitrogen and oxygen atoms in total. The Labute approximate surface area is 88.2 Å². The molecule has 2 saturated carbocycles. The summed E-state index contributed by atoms with van der Waals surface area (Å²) in [6, 6.07) is 0. The molecular formula is C9H13ClO3S. The summed E-state index contributed by atoms with van der Waals surface area (Å²) in [5.41, 5.74) is -0.122. The number of hydrogen-bond donors (Lipinski definition) is 0. The van der Waals surface area contributed by atoms with Crippen LogP contribution in [-0.4, -0.2) is 25.4 Å². The predicted molar refractivity (Wildman–Crippen MR) is 52.8 cm³/mol. The number of rotatable bonds is 3. The molecule has 4 fully saturated rings.